The molecule has 5 heteroatoms. The van der Waals surface area contributed by atoms with Gasteiger partial charge >= 0.3 is 25.8 Å². The van der Waals surface area contributed by atoms with Gasteiger partial charge in [-0.3, -0.25) is 0 Å². The summed E-state index contributed by atoms with van der Waals surface area (Å²) < 4.78 is 0. The van der Waals surface area contributed by atoms with Crippen LogP contribution in [0.4, 0.5) is 0 Å². The Kier molecular flexibility index (Phi) is 6460. The van der Waals surface area contributed by atoms with Gasteiger partial charge in [0.2, 0.25) is 0 Å². The van der Waals surface area contributed by atoms with Crippen LogP contribution in [0.2, 0.25) is 0 Å². The van der Waals surface area contributed by atoms with Gasteiger partial charge in [0.15, 0.2) is 0 Å². The molecule has 0 rings (SSSR count). The molecule has 0 aromatic carbocycles. The first-order valence-electron chi connectivity index (χ1n) is 0. The van der Waals surface area contributed by atoms with E-state index in [2.05, 4.69) is 0 Å². The molecule has 32 valence electrons. The molecular weight excluding hydrogens is 109 g/mol. The average molecular weight is 114 g/mol. The third-order valence-corrected chi connectivity index (χ3v) is 0. The normalized spacial score (nSPS) is 0. The van der Waals surface area contributed by atoms with Crippen molar-refractivity contribution in [3.05, 3.63) is 0 Å². The van der Waals surface area contributed by atoms with E-state index < -0.39 is 0 Å². The monoisotopic (exact) mass is 114 g/mol. The smallest absolute Gasteiger partial charge is 0.870 e. The van der Waals surface area contributed by atoms with E-state index in [9.17, 15) is 0 Å². The van der Waals surface area contributed by atoms with Crippen molar-refractivity contribution in [1.82, 2.24) is 0 Å². The van der Waals surface area contributed by atoms with Crippen molar-refractivity contribution in [3.8, 4) is 0 Å². The van der Waals surface area contributed by atoms with Gasteiger partial charge in [-0.1, -0.05) is 0 Å². The largest absolute Gasteiger partial charge is 3.00 e. The maximum Gasteiger partial charge on any atom is 3.00 e. The van der Waals surface area contributed by atoms with Crippen molar-refractivity contribution in [3.63, 3.8) is 0 Å². The minimum Gasteiger partial charge on any atom is -0.870 e. The zero-order valence-corrected chi connectivity index (χ0v) is 4.22. The SMILES string of the molecule is O.[OH-].[OH-].[OH-].[Sc+3]. The van der Waals surface area contributed by atoms with Crippen molar-refractivity contribution in [2.45, 2.75) is 0 Å². The molecule has 0 aliphatic heterocycles. The van der Waals surface area contributed by atoms with E-state index in [1.807, 2.05) is 0 Å². The fourth-order valence-corrected chi connectivity index (χ4v) is 0. The summed E-state index contributed by atoms with van der Waals surface area (Å²) in [6.07, 6.45) is 0. The zero-order chi connectivity index (χ0) is 0. The van der Waals surface area contributed by atoms with E-state index >= 15 is 0 Å². The van der Waals surface area contributed by atoms with Gasteiger partial charge in [-0.2, -0.15) is 0 Å². The third-order valence-electron chi connectivity index (χ3n) is 0. The van der Waals surface area contributed by atoms with Crippen LogP contribution in [0.5, 0.6) is 0 Å². The zero-order valence-electron chi connectivity index (χ0n) is 2.42. The van der Waals surface area contributed by atoms with E-state index in [4.69, 9.17) is 0 Å². The molecule has 4 nitrogen and oxygen atoms in total. The second-order valence-corrected chi connectivity index (χ2v) is 0. The second-order valence-electron chi connectivity index (χ2n) is 0. The summed E-state index contributed by atoms with van der Waals surface area (Å²) >= 11 is 0. The number of hydrogen-bond acceptors (Lipinski definition) is 3. The predicted octanol–water partition coefficient (Wildman–Crippen LogP) is -1.36. The summed E-state index contributed by atoms with van der Waals surface area (Å²) in [7, 11) is 0. The Morgan fingerprint density at radius 3 is 0.600 bits per heavy atom. The molecule has 0 bridgehead atoms. The fourth-order valence-electron chi connectivity index (χ4n) is 0. The van der Waals surface area contributed by atoms with E-state index in [-0.39, 0.29) is 47.7 Å². The Morgan fingerprint density at radius 2 is 0.600 bits per heavy atom. The standard InChI is InChI=1S/4H2O.Sc/h4*1H2;/q;;;;+3/p-3. The van der Waals surface area contributed by atoms with Gasteiger partial charge in [-0.15, -0.1) is 0 Å². The predicted molar refractivity (Wildman–Crippen MR) is 9.42 cm³/mol. The molecular formula is H5O4Sc. The molecule has 0 aliphatic rings. The average Bonchev–Trinajstić information content (AvgIpc) is 0. The molecule has 0 aromatic heterocycles. The summed E-state index contributed by atoms with van der Waals surface area (Å²) in [6, 6.07) is 0. The Morgan fingerprint density at radius 1 is 0.600 bits per heavy atom. The third kappa shape index (κ3) is 68.6. The van der Waals surface area contributed by atoms with Crippen LogP contribution in [-0.4, -0.2) is 21.9 Å². The topological polar surface area (TPSA) is 122 Å². The molecule has 0 unspecified atom stereocenters. The maximum absolute atomic E-state index is 0. The first-order valence-corrected chi connectivity index (χ1v) is 0. The van der Waals surface area contributed by atoms with Gasteiger partial charge < -0.3 is 21.9 Å². The summed E-state index contributed by atoms with van der Waals surface area (Å²) in [6.45, 7) is 0. The van der Waals surface area contributed by atoms with Crippen LogP contribution < -0.4 is 0 Å². The molecule has 0 fully saturated rings. The molecule has 0 atom stereocenters. The van der Waals surface area contributed by atoms with Gasteiger partial charge in [-0.25, -0.2) is 0 Å². The molecule has 5 heavy (non-hydrogen) atoms. The van der Waals surface area contributed by atoms with Gasteiger partial charge in [0.25, 0.3) is 0 Å². The van der Waals surface area contributed by atoms with Gasteiger partial charge in [0, 0.05) is 0 Å². The molecule has 0 aromatic rings. The number of hydrogen-bond donors (Lipinski definition) is 0. The van der Waals surface area contributed by atoms with Crippen molar-refractivity contribution in [1.29, 1.82) is 0 Å². The molecule has 5 N–H and O–H groups in total. The first-order chi connectivity index (χ1) is 0. The van der Waals surface area contributed by atoms with Crippen molar-refractivity contribution in [2.75, 3.05) is 0 Å². The fraction of sp³-hybridized carbons (Fsp3) is 0. The molecule has 0 radical (unpaired) electrons. The van der Waals surface area contributed by atoms with Crippen LogP contribution >= 0.6 is 0 Å². The minimum absolute atomic E-state index is 0. The van der Waals surface area contributed by atoms with Crippen molar-refractivity contribution in [2.24, 2.45) is 0 Å². The van der Waals surface area contributed by atoms with E-state index in [1.165, 1.54) is 0 Å². The van der Waals surface area contributed by atoms with Gasteiger partial charge in [0.1, 0.15) is 0 Å². The summed E-state index contributed by atoms with van der Waals surface area (Å²) in [5.41, 5.74) is 0. The second kappa shape index (κ2) is 129. The minimum atomic E-state index is 0. The van der Waals surface area contributed by atoms with Gasteiger partial charge in [-0.05, 0) is 0 Å². The Labute approximate surface area is 48.2 Å². The summed E-state index contributed by atoms with van der Waals surface area (Å²) in [5.74, 6) is 0. The Balaban J connectivity index is 0. The van der Waals surface area contributed by atoms with Crippen LogP contribution in [-0.2, 0) is 25.8 Å². The molecule has 0 saturated carbocycles. The molecule has 0 saturated heterocycles. The van der Waals surface area contributed by atoms with Crippen LogP contribution in [0, 0.1) is 0 Å². The number of rotatable bonds is 0. The molecule has 0 heterocycles. The molecule has 0 spiro atoms. The summed E-state index contributed by atoms with van der Waals surface area (Å²) in [5, 5.41) is 0. The quantitative estimate of drug-likeness (QED) is 0.386. The van der Waals surface area contributed by atoms with E-state index in [0.29, 0.717) is 0 Å². The van der Waals surface area contributed by atoms with Crippen LogP contribution in [0.25, 0.3) is 0 Å². The molecule has 0 amide bonds. The summed E-state index contributed by atoms with van der Waals surface area (Å²) in [4.78, 5) is 0. The van der Waals surface area contributed by atoms with E-state index in [0.717, 1.165) is 0 Å². The van der Waals surface area contributed by atoms with Crippen LogP contribution in [0.3, 0.4) is 0 Å². The van der Waals surface area contributed by atoms with Crippen LogP contribution in [0.1, 0.15) is 0 Å². The molecule has 0 aliphatic carbocycles. The Hall–Kier alpha value is 0.710. The maximum atomic E-state index is 0. The Bertz CT molecular complexity index is 3.61. The van der Waals surface area contributed by atoms with E-state index in [1.54, 1.807) is 0 Å². The van der Waals surface area contributed by atoms with Crippen molar-refractivity contribution >= 4 is 0 Å². The van der Waals surface area contributed by atoms with Crippen molar-refractivity contribution < 1.29 is 47.7 Å². The van der Waals surface area contributed by atoms with Crippen LogP contribution in [0.15, 0.2) is 0 Å². The first kappa shape index (κ1) is 251. The van der Waals surface area contributed by atoms with Gasteiger partial charge in [0.05, 0.1) is 0 Å².